The van der Waals surface area contributed by atoms with Gasteiger partial charge in [0, 0.05) is 11.8 Å². The van der Waals surface area contributed by atoms with Gasteiger partial charge in [0.05, 0.1) is 12.2 Å². The van der Waals surface area contributed by atoms with Gasteiger partial charge in [-0.15, -0.1) is 0 Å². The number of rotatable bonds is 2. The minimum absolute atomic E-state index is 0.198. The van der Waals surface area contributed by atoms with E-state index in [2.05, 4.69) is 20.9 Å². The molecule has 0 aliphatic rings. The largest absolute Gasteiger partial charge is 0.392 e. The Kier molecular flexibility index (Phi) is 3.27. The first-order valence-electron chi connectivity index (χ1n) is 3.29. The van der Waals surface area contributed by atoms with E-state index in [1.807, 2.05) is 0 Å². The van der Waals surface area contributed by atoms with E-state index in [1.54, 1.807) is 0 Å². The fourth-order valence-corrected chi connectivity index (χ4v) is 1.19. The van der Waals surface area contributed by atoms with Crippen molar-refractivity contribution in [1.82, 2.24) is 4.98 Å². The van der Waals surface area contributed by atoms with Gasteiger partial charge >= 0.3 is 0 Å². The van der Waals surface area contributed by atoms with E-state index in [0.29, 0.717) is 0 Å². The quantitative estimate of drug-likeness (QED) is 0.824. The lowest BCUT2D eigenvalue weighted by Gasteiger charge is -2.07. The smallest absolute Gasteiger partial charge is 0.267 e. The standard InChI is InChI=1S/C7H5BrF3NO/c8-6-5(9)4(7(10)11)3(2-13)1-12-6/h1,7,13H,2H2. The Morgan fingerprint density at radius 1 is 1.54 bits per heavy atom. The predicted molar refractivity (Wildman–Crippen MR) is 42.8 cm³/mol. The van der Waals surface area contributed by atoms with Crippen LogP contribution in [0.15, 0.2) is 10.8 Å². The molecule has 0 bridgehead atoms. The van der Waals surface area contributed by atoms with Crippen LogP contribution in [0, 0.1) is 5.82 Å². The molecule has 0 saturated carbocycles. The fraction of sp³-hybridized carbons (Fsp3) is 0.286. The third-order valence-corrected chi connectivity index (χ3v) is 2.04. The number of aliphatic hydroxyl groups excluding tert-OH is 1. The highest BCUT2D eigenvalue weighted by atomic mass is 79.9. The van der Waals surface area contributed by atoms with Crippen molar-refractivity contribution in [1.29, 1.82) is 0 Å². The normalized spacial score (nSPS) is 10.9. The summed E-state index contributed by atoms with van der Waals surface area (Å²) < 4.78 is 37.2. The average Bonchev–Trinajstić information content (AvgIpc) is 2.08. The van der Waals surface area contributed by atoms with Gasteiger partial charge in [-0.25, -0.2) is 18.2 Å². The maximum Gasteiger partial charge on any atom is 0.267 e. The molecule has 1 rings (SSSR count). The minimum Gasteiger partial charge on any atom is -0.392 e. The van der Waals surface area contributed by atoms with E-state index in [1.165, 1.54) is 0 Å². The molecule has 0 fully saturated rings. The van der Waals surface area contributed by atoms with Gasteiger partial charge in [0.25, 0.3) is 6.43 Å². The fourth-order valence-electron chi connectivity index (χ4n) is 0.875. The lowest BCUT2D eigenvalue weighted by Crippen LogP contribution is -2.01. The van der Waals surface area contributed by atoms with E-state index >= 15 is 0 Å². The number of nitrogens with zero attached hydrogens (tertiary/aromatic N) is 1. The van der Waals surface area contributed by atoms with E-state index in [0.717, 1.165) is 6.20 Å². The molecule has 0 saturated heterocycles. The van der Waals surface area contributed by atoms with Gasteiger partial charge in [0.1, 0.15) is 4.60 Å². The SMILES string of the molecule is OCc1cnc(Br)c(F)c1C(F)F. The lowest BCUT2D eigenvalue weighted by atomic mass is 10.1. The maximum atomic E-state index is 13.0. The van der Waals surface area contributed by atoms with Crippen LogP contribution in [0.4, 0.5) is 13.2 Å². The highest BCUT2D eigenvalue weighted by molar-refractivity contribution is 9.10. The maximum absolute atomic E-state index is 13.0. The summed E-state index contributed by atoms with van der Waals surface area (Å²) in [5.41, 5.74) is -1.000. The molecule has 1 aromatic heterocycles. The Morgan fingerprint density at radius 3 is 2.62 bits per heavy atom. The van der Waals surface area contributed by atoms with E-state index in [9.17, 15) is 13.2 Å². The highest BCUT2D eigenvalue weighted by Gasteiger charge is 2.20. The molecule has 0 atom stereocenters. The molecule has 1 aromatic rings. The number of aliphatic hydroxyl groups is 1. The van der Waals surface area contributed by atoms with Crippen molar-refractivity contribution in [3.8, 4) is 0 Å². The third-order valence-electron chi connectivity index (χ3n) is 1.49. The Labute approximate surface area is 80.5 Å². The summed E-state index contributed by atoms with van der Waals surface area (Å²) in [7, 11) is 0. The Hall–Kier alpha value is -0.620. The summed E-state index contributed by atoms with van der Waals surface area (Å²) in [6.07, 6.45) is -1.95. The Balaban J connectivity index is 3.32. The van der Waals surface area contributed by atoms with Crippen LogP contribution in [0.5, 0.6) is 0 Å². The molecule has 0 aliphatic carbocycles. The minimum atomic E-state index is -2.96. The Morgan fingerprint density at radius 2 is 2.15 bits per heavy atom. The van der Waals surface area contributed by atoms with Crippen molar-refractivity contribution in [3.05, 3.63) is 27.7 Å². The van der Waals surface area contributed by atoms with Gasteiger partial charge in [-0.3, -0.25) is 0 Å². The highest BCUT2D eigenvalue weighted by Crippen LogP contribution is 2.28. The summed E-state index contributed by atoms with van der Waals surface area (Å²) in [4.78, 5) is 3.44. The molecule has 72 valence electrons. The summed E-state index contributed by atoms with van der Waals surface area (Å²) in [5.74, 6) is -1.12. The van der Waals surface area contributed by atoms with E-state index < -0.39 is 24.4 Å². The molecule has 0 aromatic carbocycles. The van der Waals surface area contributed by atoms with Gasteiger partial charge < -0.3 is 5.11 Å². The van der Waals surface area contributed by atoms with Gasteiger partial charge in [0.2, 0.25) is 0 Å². The third kappa shape index (κ3) is 2.00. The van der Waals surface area contributed by atoms with Crippen molar-refractivity contribution in [2.75, 3.05) is 0 Å². The number of hydrogen-bond donors (Lipinski definition) is 1. The van der Waals surface area contributed by atoms with Gasteiger partial charge in [-0.2, -0.15) is 0 Å². The molecule has 6 heteroatoms. The summed E-state index contributed by atoms with van der Waals surface area (Å²) in [6.45, 7) is -0.656. The molecule has 0 unspecified atom stereocenters. The van der Waals surface area contributed by atoms with Crippen molar-refractivity contribution in [2.45, 2.75) is 13.0 Å². The summed E-state index contributed by atoms with van der Waals surface area (Å²) in [6, 6.07) is 0. The molecule has 0 aliphatic heterocycles. The van der Waals surface area contributed by atoms with Crippen LogP contribution < -0.4 is 0 Å². The second-order valence-electron chi connectivity index (χ2n) is 2.26. The summed E-state index contributed by atoms with van der Waals surface area (Å²) >= 11 is 2.68. The number of pyridine rings is 1. The second-order valence-corrected chi connectivity index (χ2v) is 3.01. The molecule has 1 heterocycles. The van der Waals surface area contributed by atoms with Crippen molar-refractivity contribution < 1.29 is 18.3 Å². The van der Waals surface area contributed by atoms with Crippen molar-refractivity contribution in [3.63, 3.8) is 0 Å². The van der Waals surface area contributed by atoms with Gasteiger partial charge in [-0.05, 0) is 15.9 Å². The molecule has 0 radical (unpaired) electrons. The number of halogens is 4. The zero-order chi connectivity index (χ0) is 10.0. The van der Waals surface area contributed by atoms with Crippen molar-refractivity contribution in [2.24, 2.45) is 0 Å². The number of alkyl halides is 2. The van der Waals surface area contributed by atoms with Crippen LogP contribution in [0.1, 0.15) is 17.6 Å². The molecule has 13 heavy (non-hydrogen) atoms. The first kappa shape index (κ1) is 10.5. The van der Waals surface area contributed by atoms with E-state index in [-0.39, 0.29) is 10.2 Å². The predicted octanol–water partition coefficient (Wildman–Crippen LogP) is 2.41. The number of hydrogen-bond acceptors (Lipinski definition) is 2. The molecular formula is C7H5BrF3NO. The Bertz CT molecular complexity index is 319. The number of aromatic nitrogens is 1. The first-order valence-corrected chi connectivity index (χ1v) is 4.09. The topological polar surface area (TPSA) is 33.1 Å². The van der Waals surface area contributed by atoms with Gasteiger partial charge in [0.15, 0.2) is 5.82 Å². The molecular weight excluding hydrogens is 251 g/mol. The second kappa shape index (κ2) is 4.06. The van der Waals surface area contributed by atoms with Crippen LogP contribution >= 0.6 is 15.9 Å². The lowest BCUT2D eigenvalue weighted by molar-refractivity contribution is 0.141. The molecule has 1 N–H and O–H groups in total. The van der Waals surface area contributed by atoms with Crippen LogP contribution in [0.2, 0.25) is 0 Å². The van der Waals surface area contributed by atoms with Crippen LogP contribution in [-0.4, -0.2) is 10.1 Å². The van der Waals surface area contributed by atoms with Crippen LogP contribution in [0.3, 0.4) is 0 Å². The van der Waals surface area contributed by atoms with Crippen LogP contribution in [-0.2, 0) is 6.61 Å². The first-order chi connectivity index (χ1) is 6.07. The monoisotopic (exact) mass is 255 g/mol. The average molecular weight is 256 g/mol. The van der Waals surface area contributed by atoms with E-state index in [4.69, 9.17) is 5.11 Å². The summed E-state index contributed by atoms with van der Waals surface area (Å²) in [5, 5.41) is 8.63. The van der Waals surface area contributed by atoms with Crippen LogP contribution in [0.25, 0.3) is 0 Å². The van der Waals surface area contributed by atoms with Gasteiger partial charge in [-0.1, -0.05) is 0 Å². The zero-order valence-corrected chi connectivity index (χ0v) is 7.85. The molecule has 2 nitrogen and oxygen atoms in total. The molecule has 0 amide bonds. The van der Waals surface area contributed by atoms with Crippen molar-refractivity contribution >= 4 is 15.9 Å². The molecule has 0 spiro atoms. The zero-order valence-electron chi connectivity index (χ0n) is 6.27.